The van der Waals surface area contributed by atoms with Gasteiger partial charge in [-0.05, 0) is 12.1 Å². The average molecular weight is 195 g/mol. The summed E-state index contributed by atoms with van der Waals surface area (Å²) in [5.74, 6) is 0.689. The van der Waals surface area contributed by atoms with E-state index < -0.39 is 0 Å². The minimum absolute atomic E-state index is 0.0569. The van der Waals surface area contributed by atoms with E-state index in [4.69, 9.17) is 15.2 Å². The molecule has 0 amide bonds. The second-order valence-corrected chi connectivity index (χ2v) is 3.32. The van der Waals surface area contributed by atoms with Gasteiger partial charge in [-0.1, -0.05) is 0 Å². The first-order chi connectivity index (χ1) is 6.75. The molecule has 1 heterocycles. The summed E-state index contributed by atoms with van der Waals surface area (Å²) in [7, 11) is 0. The maximum Gasteiger partial charge on any atom is 0.142 e. The van der Waals surface area contributed by atoms with E-state index in [0.717, 1.165) is 13.0 Å². The smallest absolute Gasteiger partial charge is 0.142 e. The maximum absolute atomic E-state index is 9.34. The van der Waals surface area contributed by atoms with Crippen LogP contribution in [0.1, 0.15) is 6.42 Å². The van der Waals surface area contributed by atoms with Gasteiger partial charge in [0.15, 0.2) is 0 Å². The molecule has 0 aliphatic carbocycles. The zero-order chi connectivity index (χ0) is 9.97. The monoisotopic (exact) mass is 195 g/mol. The lowest BCUT2D eigenvalue weighted by molar-refractivity contribution is 0.141. The van der Waals surface area contributed by atoms with Crippen molar-refractivity contribution >= 4 is 5.69 Å². The molecule has 0 bridgehead atoms. The molecule has 1 atom stereocenters. The van der Waals surface area contributed by atoms with Gasteiger partial charge in [0, 0.05) is 12.5 Å². The van der Waals surface area contributed by atoms with Crippen LogP contribution in [0.25, 0.3) is 0 Å². The van der Waals surface area contributed by atoms with Gasteiger partial charge in [0.2, 0.25) is 0 Å². The summed E-state index contributed by atoms with van der Waals surface area (Å²) < 4.78 is 10.7. The van der Waals surface area contributed by atoms with Crippen molar-refractivity contribution in [1.82, 2.24) is 0 Å². The number of nitrogen functional groups attached to an aromatic ring is 1. The van der Waals surface area contributed by atoms with E-state index in [1.165, 1.54) is 6.07 Å². The number of hydrogen-bond acceptors (Lipinski definition) is 4. The van der Waals surface area contributed by atoms with Gasteiger partial charge in [-0.25, -0.2) is 0 Å². The van der Waals surface area contributed by atoms with Gasteiger partial charge < -0.3 is 20.3 Å². The Balaban J connectivity index is 2.05. The van der Waals surface area contributed by atoms with Crippen LogP contribution < -0.4 is 10.5 Å². The number of ether oxygens (including phenoxy) is 2. The Bertz CT molecular complexity index is 321. The third-order valence-electron chi connectivity index (χ3n) is 2.19. The Hall–Kier alpha value is -1.42. The third kappa shape index (κ3) is 1.90. The Morgan fingerprint density at radius 2 is 2.36 bits per heavy atom. The molecule has 1 fully saturated rings. The van der Waals surface area contributed by atoms with Crippen LogP contribution in [0.3, 0.4) is 0 Å². The van der Waals surface area contributed by atoms with Crippen molar-refractivity contribution < 1.29 is 14.6 Å². The molecule has 0 spiro atoms. The number of aromatic hydroxyl groups is 1. The van der Waals surface area contributed by atoms with Crippen molar-refractivity contribution in [2.24, 2.45) is 0 Å². The number of nitrogens with two attached hydrogens (primary N) is 1. The van der Waals surface area contributed by atoms with Crippen molar-refractivity contribution in [3.05, 3.63) is 18.2 Å². The summed E-state index contributed by atoms with van der Waals surface area (Å²) in [6, 6.07) is 4.89. The number of anilines is 1. The SMILES string of the molecule is Nc1ccc(OC2CCOC2)cc1O. The van der Waals surface area contributed by atoms with Gasteiger partial charge >= 0.3 is 0 Å². The normalized spacial score (nSPS) is 21.0. The van der Waals surface area contributed by atoms with Gasteiger partial charge in [0.25, 0.3) is 0 Å². The molecule has 1 unspecified atom stereocenters. The van der Waals surface area contributed by atoms with Crippen LogP contribution in [-0.4, -0.2) is 24.4 Å². The van der Waals surface area contributed by atoms with Crippen LogP contribution in [0.2, 0.25) is 0 Å². The highest BCUT2D eigenvalue weighted by molar-refractivity contribution is 5.54. The fraction of sp³-hybridized carbons (Fsp3) is 0.400. The van der Waals surface area contributed by atoms with Crippen LogP contribution in [0.5, 0.6) is 11.5 Å². The highest BCUT2D eigenvalue weighted by Gasteiger charge is 2.17. The van der Waals surface area contributed by atoms with Gasteiger partial charge in [0.1, 0.15) is 17.6 Å². The molecular weight excluding hydrogens is 182 g/mol. The van der Waals surface area contributed by atoms with E-state index in [1.54, 1.807) is 12.1 Å². The minimum Gasteiger partial charge on any atom is -0.506 e. The Morgan fingerprint density at radius 1 is 1.50 bits per heavy atom. The highest BCUT2D eigenvalue weighted by Crippen LogP contribution is 2.26. The summed E-state index contributed by atoms with van der Waals surface area (Å²) >= 11 is 0. The zero-order valence-corrected chi connectivity index (χ0v) is 7.77. The van der Waals surface area contributed by atoms with Crippen LogP contribution in [0.4, 0.5) is 5.69 Å². The molecule has 1 aromatic rings. The van der Waals surface area contributed by atoms with Crippen molar-refractivity contribution in [1.29, 1.82) is 0 Å². The fourth-order valence-electron chi connectivity index (χ4n) is 1.40. The van der Waals surface area contributed by atoms with E-state index in [9.17, 15) is 5.11 Å². The molecule has 4 heteroatoms. The van der Waals surface area contributed by atoms with Crippen molar-refractivity contribution in [3.8, 4) is 11.5 Å². The molecule has 3 N–H and O–H groups in total. The van der Waals surface area contributed by atoms with Gasteiger partial charge in [-0.15, -0.1) is 0 Å². The van der Waals surface area contributed by atoms with E-state index in [-0.39, 0.29) is 11.9 Å². The summed E-state index contributed by atoms with van der Waals surface area (Å²) in [6.45, 7) is 1.36. The standard InChI is InChI=1S/C10H13NO3/c11-9-2-1-7(5-10(9)12)14-8-3-4-13-6-8/h1-2,5,8,12H,3-4,6,11H2. The van der Waals surface area contributed by atoms with Gasteiger partial charge in [0.05, 0.1) is 18.9 Å². The average Bonchev–Trinajstić information content (AvgIpc) is 2.64. The minimum atomic E-state index is 0.0569. The quantitative estimate of drug-likeness (QED) is 0.548. The van der Waals surface area contributed by atoms with Crippen LogP contribution in [-0.2, 0) is 4.74 Å². The summed E-state index contributed by atoms with van der Waals surface area (Å²) in [6.07, 6.45) is 0.989. The van der Waals surface area contributed by atoms with E-state index in [2.05, 4.69) is 0 Å². The number of hydrogen-bond donors (Lipinski definition) is 2. The molecule has 1 aromatic carbocycles. The topological polar surface area (TPSA) is 64.7 Å². The third-order valence-corrected chi connectivity index (χ3v) is 2.19. The molecule has 1 aliphatic rings. The molecule has 14 heavy (non-hydrogen) atoms. The Kier molecular flexibility index (Phi) is 2.45. The first-order valence-corrected chi connectivity index (χ1v) is 4.58. The predicted molar refractivity (Wildman–Crippen MR) is 52.4 cm³/mol. The van der Waals surface area contributed by atoms with Crippen LogP contribution >= 0.6 is 0 Å². The molecule has 2 rings (SSSR count). The predicted octanol–water partition coefficient (Wildman–Crippen LogP) is 1.14. The maximum atomic E-state index is 9.34. The molecule has 0 radical (unpaired) electrons. The lowest BCUT2D eigenvalue weighted by Crippen LogP contribution is -2.15. The summed E-state index contributed by atoms with van der Waals surface area (Å²) in [5, 5.41) is 9.34. The zero-order valence-electron chi connectivity index (χ0n) is 7.77. The molecule has 0 aromatic heterocycles. The van der Waals surface area contributed by atoms with Crippen molar-refractivity contribution in [2.75, 3.05) is 18.9 Å². The lowest BCUT2D eigenvalue weighted by Gasteiger charge is -2.12. The van der Waals surface area contributed by atoms with E-state index >= 15 is 0 Å². The first-order valence-electron chi connectivity index (χ1n) is 4.58. The lowest BCUT2D eigenvalue weighted by atomic mass is 10.2. The van der Waals surface area contributed by atoms with Gasteiger partial charge in [-0.3, -0.25) is 0 Å². The molecular formula is C10H13NO3. The highest BCUT2D eigenvalue weighted by atomic mass is 16.5. The largest absolute Gasteiger partial charge is 0.506 e. The molecule has 4 nitrogen and oxygen atoms in total. The number of phenolic OH excluding ortho intramolecular Hbond substituents is 1. The Labute approximate surface area is 82.2 Å². The van der Waals surface area contributed by atoms with Crippen LogP contribution in [0.15, 0.2) is 18.2 Å². The number of benzene rings is 1. The summed E-state index contributed by atoms with van der Waals surface area (Å²) in [4.78, 5) is 0. The van der Waals surface area contributed by atoms with E-state index in [0.29, 0.717) is 18.0 Å². The molecule has 0 saturated carbocycles. The second kappa shape index (κ2) is 3.75. The number of phenols is 1. The second-order valence-electron chi connectivity index (χ2n) is 3.32. The van der Waals surface area contributed by atoms with Gasteiger partial charge in [-0.2, -0.15) is 0 Å². The molecule has 1 aliphatic heterocycles. The van der Waals surface area contributed by atoms with Crippen molar-refractivity contribution in [2.45, 2.75) is 12.5 Å². The Morgan fingerprint density at radius 3 is 3.00 bits per heavy atom. The summed E-state index contributed by atoms with van der Waals surface area (Å²) in [5.41, 5.74) is 5.83. The van der Waals surface area contributed by atoms with E-state index in [1.807, 2.05) is 0 Å². The fourth-order valence-corrected chi connectivity index (χ4v) is 1.40. The van der Waals surface area contributed by atoms with Crippen molar-refractivity contribution in [3.63, 3.8) is 0 Å². The molecule has 76 valence electrons. The first kappa shape index (κ1) is 9.15. The number of rotatable bonds is 2. The van der Waals surface area contributed by atoms with Crippen LogP contribution in [0, 0.1) is 0 Å². The molecule has 1 saturated heterocycles.